The number of aliphatic hydroxyl groups excluding tert-OH is 2. The lowest BCUT2D eigenvalue weighted by molar-refractivity contribution is -0.0459. The van der Waals surface area contributed by atoms with Gasteiger partial charge in [-0.3, -0.25) is 28.7 Å². The third kappa shape index (κ3) is 7.38. The van der Waals surface area contributed by atoms with Crippen LogP contribution in [0.25, 0.3) is 0 Å². The summed E-state index contributed by atoms with van der Waals surface area (Å²) in [6, 6.07) is 0. The number of nitrogens with zero attached hydrogens (tertiary/aromatic N) is 2. The monoisotopic (exact) mass is 575 g/mol. The van der Waals surface area contributed by atoms with Crippen LogP contribution < -0.4 is 22.5 Å². The molecule has 2 aromatic rings. The molecular formula is C27H36N4O8Si. The zero-order chi connectivity index (χ0) is 29.8. The van der Waals surface area contributed by atoms with Gasteiger partial charge in [0.2, 0.25) is 0 Å². The average molecular weight is 576 g/mol. The van der Waals surface area contributed by atoms with E-state index in [2.05, 4.69) is 60.8 Å². The summed E-state index contributed by atoms with van der Waals surface area (Å²) in [6.07, 6.45) is 7.17. The molecular weight excluding hydrogens is 539 g/mol. The predicted octanol–water partition coefficient (Wildman–Crippen LogP) is 0.258. The maximum absolute atomic E-state index is 12.1. The summed E-state index contributed by atoms with van der Waals surface area (Å²) < 4.78 is 13.8. The highest BCUT2D eigenvalue weighted by atomic mass is 28.3. The second-order valence-electron chi connectivity index (χ2n) is 10.9. The van der Waals surface area contributed by atoms with Crippen molar-refractivity contribution < 1.29 is 19.7 Å². The average Bonchev–Trinajstić information content (AvgIpc) is 3.44. The molecule has 2 aromatic heterocycles. The fraction of sp³-hybridized carbons (Fsp3) is 0.556. The fourth-order valence-corrected chi connectivity index (χ4v) is 4.94. The van der Waals surface area contributed by atoms with E-state index in [1.807, 2.05) is 0 Å². The molecule has 6 atom stereocenters. The van der Waals surface area contributed by atoms with Crippen LogP contribution in [0, 0.1) is 29.7 Å². The lowest BCUT2D eigenvalue weighted by atomic mass is 10.0. The van der Waals surface area contributed by atoms with Gasteiger partial charge in [-0.25, -0.2) is 9.59 Å². The molecule has 4 heterocycles. The van der Waals surface area contributed by atoms with Crippen LogP contribution >= 0.6 is 0 Å². The van der Waals surface area contributed by atoms with Crippen LogP contribution in [0.1, 0.15) is 56.7 Å². The van der Waals surface area contributed by atoms with Crippen molar-refractivity contribution in [2.45, 2.75) is 83.5 Å². The molecule has 0 aliphatic carbocycles. The normalized spacial score (nSPS) is 25.9. The molecule has 2 fully saturated rings. The standard InChI is InChI=1S/C16H24N2O3Si.C11H12N2O5/c1-6-13-11(2)9-14(21-13)18-10-12(7-8-22(3,4)5)15(19)17-16(18)20;1-2-6-4-13(11(17)12-10(6)16)9-3-7(15)8(5-14)18-9/h10-11,13-14H,6,9H2,1-5H3,(H,17,19,20);1,4,7-9,14-15H,3,5H2,(H,12,16,17)/t11-,13-,14-;7-,8-,9-/m11/s1/i7+1,8+1;2+1. The minimum atomic E-state index is -1.59. The van der Waals surface area contributed by atoms with Crippen molar-refractivity contribution >= 4 is 8.07 Å². The van der Waals surface area contributed by atoms with Crippen molar-refractivity contribution in [2.24, 2.45) is 5.92 Å². The SMILES string of the molecule is C#[13C]c1cn([C@H]2C[C@@H](O)[C@@H](CO)O2)c(=O)[nH]c1=O.CC[C@H]1O[C@@H](n2cc([13C]#[13C][Si](C)(C)C)c(=O)[nH]c2=O)C[C@H]1C. The molecule has 0 saturated carbocycles. The van der Waals surface area contributed by atoms with Crippen LogP contribution in [-0.2, 0) is 9.47 Å². The number of aromatic amines is 2. The smallest absolute Gasteiger partial charge is 0.330 e. The molecule has 0 amide bonds. The molecule has 216 valence electrons. The Bertz CT molecular complexity index is 1550. The van der Waals surface area contributed by atoms with E-state index in [0.29, 0.717) is 11.5 Å². The highest BCUT2D eigenvalue weighted by Gasteiger charge is 2.35. The maximum Gasteiger partial charge on any atom is 0.330 e. The third-order valence-corrected chi connectivity index (χ3v) is 7.49. The van der Waals surface area contributed by atoms with Gasteiger partial charge in [0.05, 0.1) is 18.8 Å². The maximum atomic E-state index is 12.1. The first-order valence-electron chi connectivity index (χ1n) is 13.1. The van der Waals surface area contributed by atoms with Crippen LogP contribution in [0.15, 0.2) is 31.6 Å². The summed E-state index contributed by atoms with van der Waals surface area (Å²) in [4.78, 5) is 51.3. The topological polar surface area (TPSA) is 169 Å². The summed E-state index contributed by atoms with van der Waals surface area (Å²) >= 11 is 0. The molecule has 0 unspecified atom stereocenters. The second-order valence-corrected chi connectivity index (χ2v) is 15.7. The van der Waals surface area contributed by atoms with E-state index < -0.39 is 49.0 Å². The van der Waals surface area contributed by atoms with E-state index >= 15 is 0 Å². The predicted molar refractivity (Wildman–Crippen MR) is 150 cm³/mol. The summed E-state index contributed by atoms with van der Waals surface area (Å²) in [7, 11) is -1.59. The van der Waals surface area contributed by atoms with Crippen molar-refractivity contribution in [1.29, 1.82) is 0 Å². The van der Waals surface area contributed by atoms with Gasteiger partial charge in [-0.15, -0.1) is 12.0 Å². The Labute approximate surface area is 232 Å². The Morgan fingerprint density at radius 1 is 0.975 bits per heavy atom. The van der Waals surface area contributed by atoms with Crippen LogP contribution in [0.3, 0.4) is 0 Å². The van der Waals surface area contributed by atoms with Crippen LogP contribution in [-0.4, -0.2) is 62.3 Å². The van der Waals surface area contributed by atoms with Crippen LogP contribution in [0.2, 0.25) is 19.6 Å². The summed E-state index contributed by atoms with van der Waals surface area (Å²) in [5.74, 6) is 5.48. The minimum Gasteiger partial charge on any atom is -0.394 e. The first kappa shape index (κ1) is 31.1. The van der Waals surface area contributed by atoms with E-state index in [0.717, 1.165) is 17.4 Å². The second kappa shape index (κ2) is 12.8. The molecule has 0 spiro atoms. The Morgan fingerprint density at radius 3 is 1.98 bits per heavy atom. The van der Waals surface area contributed by atoms with Gasteiger partial charge in [-0.2, -0.15) is 0 Å². The minimum absolute atomic E-state index is 0.000128. The Morgan fingerprint density at radius 2 is 1.50 bits per heavy atom. The Balaban J connectivity index is 0.000000225. The van der Waals surface area contributed by atoms with E-state index in [9.17, 15) is 24.3 Å². The highest BCUT2D eigenvalue weighted by molar-refractivity contribution is 6.83. The van der Waals surface area contributed by atoms with Gasteiger partial charge >= 0.3 is 11.4 Å². The lowest BCUT2D eigenvalue weighted by Crippen LogP contribution is -2.33. The number of hydrogen-bond acceptors (Lipinski definition) is 8. The fourth-order valence-electron chi connectivity index (χ4n) is 4.43. The number of H-pyrrole nitrogens is 2. The van der Waals surface area contributed by atoms with Crippen molar-refractivity contribution in [1.82, 2.24) is 19.1 Å². The number of hydrogen-bond donors (Lipinski definition) is 4. The molecule has 4 N–H and O–H groups in total. The van der Waals surface area contributed by atoms with Crippen LogP contribution in [0.4, 0.5) is 0 Å². The van der Waals surface area contributed by atoms with Crippen molar-refractivity contribution in [3.8, 4) is 23.8 Å². The zero-order valence-electron chi connectivity index (χ0n) is 23.3. The molecule has 2 aliphatic heterocycles. The summed E-state index contributed by atoms with van der Waals surface area (Å²) in [5.41, 5.74) is 1.32. The van der Waals surface area contributed by atoms with Gasteiger partial charge in [0.15, 0.2) is 0 Å². The van der Waals surface area contributed by atoms with Gasteiger partial charge in [0.25, 0.3) is 11.1 Å². The van der Waals surface area contributed by atoms with Gasteiger partial charge in [-0.1, -0.05) is 45.3 Å². The first-order valence-corrected chi connectivity index (χ1v) is 16.6. The highest BCUT2D eigenvalue weighted by Crippen LogP contribution is 2.33. The van der Waals surface area contributed by atoms with E-state index in [4.69, 9.17) is 21.0 Å². The number of aromatic nitrogens is 4. The quantitative estimate of drug-likeness (QED) is 0.229. The molecule has 2 aliphatic rings. The van der Waals surface area contributed by atoms with Gasteiger partial charge < -0.3 is 19.7 Å². The summed E-state index contributed by atoms with van der Waals surface area (Å²) in [5, 5.41) is 18.5. The number of rotatable bonds is 4. The van der Waals surface area contributed by atoms with Crippen LogP contribution in [0.5, 0.6) is 0 Å². The van der Waals surface area contributed by atoms with E-state index in [1.54, 1.807) is 6.20 Å². The molecule has 40 heavy (non-hydrogen) atoms. The molecule has 12 nitrogen and oxygen atoms in total. The molecule has 2 saturated heterocycles. The number of aliphatic hydroxyl groups is 2. The molecule has 0 radical (unpaired) electrons. The number of nitrogens with one attached hydrogen (secondary N) is 2. The van der Waals surface area contributed by atoms with Gasteiger partial charge in [0.1, 0.15) is 37.8 Å². The van der Waals surface area contributed by atoms with Gasteiger partial charge in [0, 0.05) is 18.8 Å². The number of terminal acetylenes is 1. The molecule has 0 bridgehead atoms. The third-order valence-electron chi connectivity index (χ3n) is 6.61. The van der Waals surface area contributed by atoms with E-state index in [-0.39, 0.29) is 30.9 Å². The van der Waals surface area contributed by atoms with Crippen molar-refractivity contribution in [3.05, 3.63) is 65.2 Å². The largest absolute Gasteiger partial charge is 0.394 e. The zero-order valence-corrected chi connectivity index (χ0v) is 24.3. The van der Waals surface area contributed by atoms with Crippen molar-refractivity contribution in [2.75, 3.05) is 6.61 Å². The Kier molecular flexibility index (Phi) is 9.95. The Hall–Kier alpha value is -3.46. The summed E-state index contributed by atoms with van der Waals surface area (Å²) in [6.45, 7) is 10.2. The van der Waals surface area contributed by atoms with E-state index in [1.165, 1.54) is 10.8 Å². The number of ether oxygens (including phenoxy) is 2. The van der Waals surface area contributed by atoms with Crippen molar-refractivity contribution in [3.63, 3.8) is 0 Å². The van der Waals surface area contributed by atoms with Gasteiger partial charge in [-0.05, 0) is 18.8 Å². The molecule has 4 rings (SSSR count). The first-order chi connectivity index (χ1) is 18.8. The molecule has 0 aromatic carbocycles. The lowest BCUT2D eigenvalue weighted by Gasteiger charge is -2.15. The molecule has 13 heteroatoms.